The molecule has 2 radical (unpaired) electrons. The first-order valence-corrected chi connectivity index (χ1v) is 3.70. The van der Waals surface area contributed by atoms with E-state index in [2.05, 4.69) is 4.98 Å². The molecule has 0 amide bonds. The van der Waals surface area contributed by atoms with Crippen molar-refractivity contribution in [3.05, 3.63) is 43.0 Å². The van der Waals surface area contributed by atoms with Crippen molar-refractivity contribution in [2.24, 2.45) is 0 Å². The highest BCUT2D eigenvalue weighted by molar-refractivity contribution is 6.32. The zero-order chi connectivity index (χ0) is 8.39. The number of hydrogen-bond donors (Lipinski definition) is 0. The summed E-state index contributed by atoms with van der Waals surface area (Å²) in [6.45, 7) is 0. The Bertz CT molecular complexity index is 351. The molecule has 2 rings (SSSR count). The van der Waals surface area contributed by atoms with E-state index in [1.807, 2.05) is 35.0 Å². The van der Waals surface area contributed by atoms with Crippen LogP contribution < -0.4 is 5.46 Å². The number of aromatic nitrogens is 2. The molecule has 0 saturated carbocycles. The van der Waals surface area contributed by atoms with Crippen molar-refractivity contribution in [1.82, 2.24) is 9.55 Å². The zero-order valence-corrected chi connectivity index (χ0v) is 6.51. The average Bonchev–Trinajstić information content (AvgIpc) is 2.58. The minimum Gasteiger partial charge on any atom is -0.306 e. The Morgan fingerprint density at radius 3 is 2.50 bits per heavy atom. The number of rotatable bonds is 1. The molecule has 1 aromatic carbocycles. The van der Waals surface area contributed by atoms with Gasteiger partial charge < -0.3 is 4.57 Å². The summed E-state index contributed by atoms with van der Waals surface area (Å²) in [5, 5.41) is 0. The maximum atomic E-state index is 5.56. The summed E-state index contributed by atoms with van der Waals surface area (Å²) in [5.41, 5.74) is 1.85. The normalized spacial score (nSPS) is 10.0. The lowest BCUT2D eigenvalue weighted by molar-refractivity contribution is 1.06. The van der Waals surface area contributed by atoms with Crippen LogP contribution in [-0.4, -0.2) is 17.4 Å². The maximum absolute atomic E-state index is 5.56. The van der Waals surface area contributed by atoms with E-state index in [1.165, 1.54) is 0 Å². The van der Waals surface area contributed by atoms with Gasteiger partial charge >= 0.3 is 0 Å². The molecule has 2 aromatic rings. The van der Waals surface area contributed by atoms with E-state index in [1.54, 1.807) is 12.5 Å². The molecule has 1 aromatic heterocycles. The van der Waals surface area contributed by atoms with Crippen molar-refractivity contribution in [3.8, 4) is 5.69 Å². The summed E-state index contributed by atoms with van der Waals surface area (Å²) in [4.78, 5) is 3.95. The van der Waals surface area contributed by atoms with E-state index in [-0.39, 0.29) is 0 Å². The van der Waals surface area contributed by atoms with Crippen molar-refractivity contribution < 1.29 is 0 Å². The predicted molar refractivity (Wildman–Crippen MR) is 49.0 cm³/mol. The van der Waals surface area contributed by atoms with Crippen molar-refractivity contribution in [2.75, 3.05) is 0 Å². The second kappa shape index (κ2) is 2.85. The van der Waals surface area contributed by atoms with Crippen LogP contribution in [0.25, 0.3) is 5.69 Å². The first kappa shape index (κ1) is 7.16. The highest BCUT2D eigenvalue weighted by Gasteiger charge is 1.92. The van der Waals surface area contributed by atoms with Gasteiger partial charge in [0.2, 0.25) is 0 Å². The van der Waals surface area contributed by atoms with Gasteiger partial charge in [0.05, 0.1) is 6.33 Å². The Morgan fingerprint density at radius 1 is 1.17 bits per heavy atom. The molecule has 12 heavy (non-hydrogen) atoms. The molecule has 0 aliphatic carbocycles. The Kier molecular flexibility index (Phi) is 1.70. The fourth-order valence-corrected chi connectivity index (χ4v) is 1.06. The first-order valence-electron chi connectivity index (χ1n) is 3.70. The van der Waals surface area contributed by atoms with Crippen LogP contribution in [-0.2, 0) is 0 Å². The van der Waals surface area contributed by atoms with Gasteiger partial charge in [0.25, 0.3) is 0 Å². The Morgan fingerprint density at radius 2 is 1.92 bits per heavy atom. The lowest BCUT2D eigenvalue weighted by atomic mass is 9.96. The fourth-order valence-electron chi connectivity index (χ4n) is 1.06. The minimum absolute atomic E-state index is 0.777. The number of hydrogen-bond acceptors (Lipinski definition) is 1. The Hall–Kier alpha value is -1.51. The second-order valence-corrected chi connectivity index (χ2v) is 2.56. The third-order valence-electron chi connectivity index (χ3n) is 1.70. The summed E-state index contributed by atoms with van der Waals surface area (Å²) < 4.78 is 1.93. The van der Waals surface area contributed by atoms with Crippen molar-refractivity contribution in [3.63, 3.8) is 0 Å². The SMILES string of the molecule is [B]c1ccc(-n2ccnc2)cc1. The second-order valence-electron chi connectivity index (χ2n) is 2.56. The van der Waals surface area contributed by atoms with Crippen LogP contribution in [0, 0.1) is 0 Å². The van der Waals surface area contributed by atoms with Crippen molar-refractivity contribution >= 4 is 13.3 Å². The number of benzene rings is 1. The molecular formula is C9H7BN2. The van der Waals surface area contributed by atoms with Crippen LogP contribution in [0.3, 0.4) is 0 Å². The first-order chi connectivity index (χ1) is 5.86. The van der Waals surface area contributed by atoms with Gasteiger partial charge in [-0.05, 0) is 12.1 Å². The van der Waals surface area contributed by atoms with Crippen molar-refractivity contribution in [1.29, 1.82) is 0 Å². The summed E-state index contributed by atoms with van der Waals surface area (Å²) >= 11 is 0. The van der Waals surface area contributed by atoms with Crippen LogP contribution in [0.5, 0.6) is 0 Å². The van der Waals surface area contributed by atoms with Crippen LogP contribution >= 0.6 is 0 Å². The molecule has 0 bridgehead atoms. The van der Waals surface area contributed by atoms with E-state index >= 15 is 0 Å². The number of imidazole rings is 1. The standard InChI is InChI=1S/C9H7BN2/c10-8-1-3-9(4-2-8)12-6-5-11-7-12/h1-7H. The van der Waals surface area contributed by atoms with Gasteiger partial charge in [0.1, 0.15) is 7.85 Å². The smallest absolute Gasteiger partial charge is 0.113 e. The lowest BCUT2D eigenvalue weighted by Crippen LogP contribution is -2.01. The molecule has 0 unspecified atom stereocenters. The van der Waals surface area contributed by atoms with E-state index in [4.69, 9.17) is 7.85 Å². The van der Waals surface area contributed by atoms with Crippen LogP contribution in [0.2, 0.25) is 0 Å². The molecule has 0 spiro atoms. The van der Waals surface area contributed by atoms with E-state index < -0.39 is 0 Å². The van der Waals surface area contributed by atoms with Crippen molar-refractivity contribution in [2.45, 2.75) is 0 Å². The van der Waals surface area contributed by atoms with E-state index in [9.17, 15) is 0 Å². The average molecular weight is 154 g/mol. The van der Waals surface area contributed by atoms with Gasteiger partial charge in [-0.2, -0.15) is 0 Å². The zero-order valence-electron chi connectivity index (χ0n) is 6.51. The molecule has 2 nitrogen and oxygen atoms in total. The molecule has 0 N–H and O–H groups in total. The molecule has 0 atom stereocenters. The van der Waals surface area contributed by atoms with Gasteiger partial charge in [0, 0.05) is 18.1 Å². The van der Waals surface area contributed by atoms with Gasteiger partial charge in [0.15, 0.2) is 0 Å². The molecule has 0 fully saturated rings. The lowest BCUT2D eigenvalue weighted by Gasteiger charge is -2.00. The minimum atomic E-state index is 0.777. The Labute approximate surface area is 72.3 Å². The van der Waals surface area contributed by atoms with Crippen LogP contribution in [0.4, 0.5) is 0 Å². The predicted octanol–water partition coefficient (Wildman–Crippen LogP) is 0.666. The largest absolute Gasteiger partial charge is 0.306 e. The fraction of sp³-hybridized carbons (Fsp3) is 0. The summed E-state index contributed by atoms with van der Waals surface area (Å²) in [5.74, 6) is 0. The maximum Gasteiger partial charge on any atom is 0.113 e. The quantitative estimate of drug-likeness (QED) is 0.552. The van der Waals surface area contributed by atoms with E-state index in [0.29, 0.717) is 0 Å². The molecule has 0 aliphatic rings. The molecule has 0 aliphatic heterocycles. The van der Waals surface area contributed by atoms with Crippen LogP contribution in [0.15, 0.2) is 43.0 Å². The molecule has 56 valence electrons. The monoisotopic (exact) mass is 154 g/mol. The molecule has 1 heterocycles. The topological polar surface area (TPSA) is 17.8 Å². The van der Waals surface area contributed by atoms with Crippen LogP contribution in [0.1, 0.15) is 0 Å². The van der Waals surface area contributed by atoms with E-state index in [0.717, 1.165) is 11.2 Å². The molecular weight excluding hydrogens is 147 g/mol. The third-order valence-corrected chi connectivity index (χ3v) is 1.70. The highest BCUT2D eigenvalue weighted by atomic mass is 15.0. The summed E-state index contributed by atoms with van der Waals surface area (Å²) in [6, 6.07) is 7.65. The summed E-state index contributed by atoms with van der Waals surface area (Å²) in [7, 11) is 5.56. The van der Waals surface area contributed by atoms with Gasteiger partial charge in [-0.25, -0.2) is 4.98 Å². The van der Waals surface area contributed by atoms with Gasteiger partial charge in [-0.1, -0.05) is 17.6 Å². The molecule has 3 heteroatoms. The third kappa shape index (κ3) is 1.26. The summed E-state index contributed by atoms with van der Waals surface area (Å²) in [6.07, 6.45) is 5.40. The highest BCUT2D eigenvalue weighted by Crippen LogP contribution is 2.03. The Balaban J connectivity index is 2.43. The van der Waals surface area contributed by atoms with Gasteiger partial charge in [-0.3, -0.25) is 0 Å². The number of nitrogens with zero attached hydrogens (tertiary/aromatic N) is 2. The molecule has 0 saturated heterocycles. The van der Waals surface area contributed by atoms with Gasteiger partial charge in [-0.15, -0.1) is 0 Å².